The van der Waals surface area contributed by atoms with Crippen molar-refractivity contribution < 1.29 is 14.4 Å². The van der Waals surface area contributed by atoms with Crippen LogP contribution in [0.15, 0.2) is 53.2 Å². The summed E-state index contributed by atoms with van der Waals surface area (Å²) in [5, 5.41) is 5.98. The first-order valence-corrected chi connectivity index (χ1v) is 11.8. The van der Waals surface area contributed by atoms with E-state index in [1.807, 2.05) is 32.0 Å². The summed E-state index contributed by atoms with van der Waals surface area (Å²) in [5.74, 6) is -1.24. The van der Waals surface area contributed by atoms with Crippen molar-refractivity contribution in [3.8, 4) is 0 Å². The summed E-state index contributed by atoms with van der Waals surface area (Å²) < 4.78 is 0. The number of amides is 3. The Morgan fingerprint density at radius 3 is 2.27 bits per heavy atom. The maximum absolute atomic E-state index is 13.1. The molecule has 1 saturated carbocycles. The number of rotatable bonds is 5. The second-order valence-corrected chi connectivity index (χ2v) is 9.16. The molecule has 0 aromatic heterocycles. The number of halogens is 1. The summed E-state index contributed by atoms with van der Waals surface area (Å²) in [4.78, 5) is 39.7. The fourth-order valence-electron chi connectivity index (χ4n) is 4.26. The lowest BCUT2D eigenvalue weighted by molar-refractivity contribution is -0.120. The van der Waals surface area contributed by atoms with Crippen molar-refractivity contribution in [2.24, 2.45) is 0 Å². The first-order chi connectivity index (χ1) is 15.8. The van der Waals surface area contributed by atoms with Crippen LogP contribution < -0.4 is 15.5 Å². The number of anilines is 2. The topological polar surface area (TPSA) is 78.5 Å². The van der Waals surface area contributed by atoms with Crippen LogP contribution in [0.4, 0.5) is 11.4 Å². The highest BCUT2D eigenvalue weighted by Crippen LogP contribution is 2.31. The van der Waals surface area contributed by atoms with Crippen molar-refractivity contribution in [3.63, 3.8) is 0 Å². The molecule has 0 radical (unpaired) electrons. The maximum Gasteiger partial charge on any atom is 0.283 e. The Labute approximate surface area is 199 Å². The third-order valence-corrected chi connectivity index (χ3v) is 6.62. The molecule has 1 aliphatic heterocycles. The summed E-state index contributed by atoms with van der Waals surface area (Å²) in [6, 6.07) is 12.5. The highest BCUT2D eigenvalue weighted by molar-refractivity contribution is 6.53. The van der Waals surface area contributed by atoms with E-state index in [1.54, 1.807) is 24.3 Å². The minimum absolute atomic E-state index is 0.00617. The number of carbonyl (C=O) groups excluding carboxylic acids is 3. The van der Waals surface area contributed by atoms with Gasteiger partial charge < -0.3 is 10.6 Å². The van der Waals surface area contributed by atoms with Gasteiger partial charge in [-0.15, -0.1) is 0 Å². The number of hydrogen-bond acceptors (Lipinski definition) is 4. The number of carbonyl (C=O) groups is 3. The van der Waals surface area contributed by atoms with Crippen LogP contribution in [-0.4, -0.2) is 23.8 Å². The molecule has 3 amide bonds. The number of nitrogens with zero attached hydrogens (tertiary/aromatic N) is 1. The molecule has 0 bridgehead atoms. The predicted octanol–water partition coefficient (Wildman–Crippen LogP) is 5.19. The zero-order valence-corrected chi connectivity index (χ0v) is 19.7. The molecule has 0 unspecified atom stereocenters. The fourth-order valence-corrected chi connectivity index (χ4v) is 4.48. The lowest BCUT2D eigenvalue weighted by Crippen LogP contribution is -2.34. The van der Waals surface area contributed by atoms with Gasteiger partial charge in [-0.05, 0) is 56.5 Å². The number of benzene rings is 2. The first kappa shape index (κ1) is 23.1. The maximum atomic E-state index is 13.1. The Hall–Kier alpha value is -3.12. The Bertz CT molecular complexity index is 1120. The Morgan fingerprint density at radius 1 is 0.939 bits per heavy atom. The van der Waals surface area contributed by atoms with Gasteiger partial charge in [0.25, 0.3) is 17.7 Å². The molecule has 2 aliphatic rings. The van der Waals surface area contributed by atoms with Crippen molar-refractivity contribution in [2.75, 3.05) is 10.2 Å². The van der Waals surface area contributed by atoms with Crippen molar-refractivity contribution in [1.82, 2.24) is 5.32 Å². The van der Waals surface area contributed by atoms with E-state index in [0.29, 0.717) is 16.9 Å². The van der Waals surface area contributed by atoms with Crippen LogP contribution >= 0.6 is 11.6 Å². The summed E-state index contributed by atoms with van der Waals surface area (Å²) in [6.45, 7) is 3.79. The van der Waals surface area contributed by atoms with E-state index in [4.69, 9.17) is 11.6 Å². The molecule has 2 aromatic carbocycles. The molecule has 0 saturated heterocycles. The molecule has 2 aromatic rings. The van der Waals surface area contributed by atoms with Crippen LogP contribution in [0.25, 0.3) is 0 Å². The SMILES string of the molecule is Cc1ccc(N2C(=O)C(Cl)=C(Nc3cc(C(=O)NC4CCCCCC4)ccc3C)C2=O)cc1. The van der Waals surface area contributed by atoms with Gasteiger partial charge in [-0.25, -0.2) is 4.90 Å². The van der Waals surface area contributed by atoms with Crippen molar-refractivity contribution in [3.05, 3.63) is 69.9 Å². The standard InChI is InChI=1S/C26H28ClN3O3/c1-16-9-13-20(14-10-16)30-25(32)22(27)23(26(30)33)29-21-15-18(12-11-17(21)2)24(31)28-19-7-5-3-4-6-8-19/h9-15,19,29H,3-8H2,1-2H3,(H,28,31). The molecule has 1 aliphatic carbocycles. The minimum atomic E-state index is -0.576. The monoisotopic (exact) mass is 465 g/mol. The fraction of sp³-hybridized carbons (Fsp3) is 0.346. The van der Waals surface area contributed by atoms with Crippen LogP contribution in [-0.2, 0) is 9.59 Å². The number of hydrogen-bond donors (Lipinski definition) is 2. The summed E-state index contributed by atoms with van der Waals surface area (Å²) in [5.41, 5.74) is 3.36. The van der Waals surface area contributed by atoms with Gasteiger partial charge in [0.1, 0.15) is 10.7 Å². The van der Waals surface area contributed by atoms with Gasteiger partial charge >= 0.3 is 0 Å². The van der Waals surface area contributed by atoms with Gasteiger partial charge in [0.05, 0.1) is 5.69 Å². The Balaban J connectivity index is 1.53. The van der Waals surface area contributed by atoms with Crippen molar-refractivity contribution in [1.29, 1.82) is 0 Å². The van der Waals surface area contributed by atoms with Crippen molar-refractivity contribution in [2.45, 2.75) is 58.4 Å². The molecule has 0 atom stereocenters. The Kier molecular flexibility index (Phi) is 6.84. The van der Waals surface area contributed by atoms with Crippen LogP contribution in [0, 0.1) is 13.8 Å². The second-order valence-electron chi connectivity index (χ2n) is 8.79. The lowest BCUT2D eigenvalue weighted by Gasteiger charge is -2.18. The lowest BCUT2D eigenvalue weighted by atomic mass is 10.1. The van der Waals surface area contributed by atoms with Gasteiger partial charge in [0, 0.05) is 17.3 Å². The number of nitrogens with one attached hydrogen (secondary N) is 2. The van der Waals surface area contributed by atoms with Gasteiger partial charge in [0.2, 0.25) is 0 Å². The van der Waals surface area contributed by atoms with Crippen LogP contribution in [0.5, 0.6) is 0 Å². The number of imide groups is 1. The summed E-state index contributed by atoms with van der Waals surface area (Å²) >= 11 is 6.27. The second kappa shape index (κ2) is 9.79. The molecule has 2 N–H and O–H groups in total. The first-order valence-electron chi connectivity index (χ1n) is 11.4. The molecule has 0 spiro atoms. The molecule has 7 heteroatoms. The minimum Gasteiger partial charge on any atom is -0.349 e. The molecule has 1 fully saturated rings. The number of aryl methyl sites for hydroxylation is 2. The van der Waals surface area contributed by atoms with Crippen LogP contribution in [0.3, 0.4) is 0 Å². The van der Waals surface area contributed by atoms with E-state index in [1.165, 1.54) is 12.8 Å². The van der Waals surface area contributed by atoms with Gasteiger partial charge in [-0.3, -0.25) is 14.4 Å². The van der Waals surface area contributed by atoms with E-state index in [-0.39, 0.29) is 22.7 Å². The van der Waals surface area contributed by atoms with Crippen LogP contribution in [0.2, 0.25) is 0 Å². The van der Waals surface area contributed by atoms with E-state index in [2.05, 4.69) is 10.6 Å². The molecule has 33 heavy (non-hydrogen) atoms. The predicted molar refractivity (Wildman–Crippen MR) is 130 cm³/mol. The largest absolute Gasteiger partial charge is 0.349 e. The Morgan fingerprint density at radius 2 is 1.61 bits per heavy atom. The molecular formula is C26H28ClN3O3. The normalized spacial score (nSPS) is 17.4. The third kappa shape index (κ3) is 4.96. The summed E-state index contributed by atoms with van der Waals surface area (Å²) in [7, 11) is 0. The van der Waals surface area contributed by atoms with Crippen molar-refractivity contribution >= 4 is 40.7 Å². The average Bonchev–Trinajstić information content (AvgIpc) is 2.98. The van der Waals surface area contributed by atoms with E-state index in [0.717, 1.165) is 41.7 Å². The van der Waals surface area contributed by atoms with Crippen LogP contribution in [0.1, 0.15) is 60.0 Å². The molecule has 1 heterocycles. The molecular weight excluding hydrogens is 438 g/mol. The highest BCUT2D eigenvalue weighted by atomic mass is 35.5. The quantitative estimate of drug-likeness (QED) is 0.470. The van der Waals surface area contributed by atoms with E-state index in [9.17, 15) is 14.4 Å². The van der Waals surface area contributed by atoms with Gasteiger partial charge in [0.15, 0.2) is 0 Å². The molecule has 172 valence electrons. The highest BCUT2D eigenvalue weighted by Gasteiger charge is 2.39. The third-order valence-electron chi connectivity index (χ3n) is 6.27. The zero-order valence-electron chi connectivity index (χ0n) is 18.9. The molecule has 6 nitrogen and oxygen atoms in total. The van der Waals surface area contributed by atoms with E-state index < -0.39 is 11.8 Å². The average molecular weight is 466 g/mol. The van der Waals surface area contributed by atoms with E-state index >= 15 is 0 Å². The summed E-state index contributed by atoms with van der Waals surface area (Å²) in [6.07, 6.45) is 6.69. The smallest absolute Gasteiger partial charge is 0.283 e. The van der Waals surface area contributed by atoms with Gasteiger partial charge in [-0.2, -0.15) is 0 Å². The van der Waals surface area contributed by atoms with Gasteiger partial charge in [-0.1, -0.05) is 61.0 Å². The molecule has 4 rings (SSSR count). The zero-order chi connectivity index (χ0) is 23.5.